The van der Waals surface area contributed by atoms with Crippen LogP contribution in [0.5, 0.6) is 0 Å². The first-order valence-electron chi connectivity index (χ1n) is 10.2. The number of benzene rings is 1. The SMILES string of the molecule is N#CCCn1ncc2c(N3CC4CCC(C3)O4)nc(-c3ccc(NC(=O)O)cc3)nc21. The van der Waals surface area contributed by atoms with Crippen molar-refractivity contribution in [2.45, 2.75) is 38.0 Å². The van der Waals surface area contributed by atoms with Gasteiger partial charge in [-0.25, -0.2) is 19.4 Å². The Hall–Kier alpha value is -3.71. The van der Waals surface area contributed by atoms with Crippen LogP contribution in [-0.2, 0) is 11.3 Å². The van der Waals surface area contributed by atoms with E-state index >= 15 is 0 Å². The molecule has 0 saturated carbocycles. The Bertz CT molecular complexity index is 1160. The summed E-state index contributed by atoms with van der Waals surface area (Å²) in [4.78, 5) is 22.7. The van der Waals surface area contributed by atoms with Crippen LogP contribution in [0.15, 0.2) is 30.5 Å². The lowest BCUT2D eigenvalue weighted by Crippen LogP contribution is -2.43. The number of aromatic nitrogens is 4. The molecule has 2 fully saturated rings. The molecule has 0 aliphatic carbocycles. The summed E-state index contributed by atoms with van der Waals surface area (Å²) in [6.45, 7) is 1.99. The van der Waals surface area contributed by atoms with Gasteiger partial charge in [0, 0.05) is 24.3 Å². The van der Waals surface area contributed by atoms with Crippen molar-refractivity contribution in [1.29, 1.82) is 5.26 Å². The molecule has 31 heavy (non-hydrogen) atoms. The molecule has 0 spiro atoms. The van der Waals surface area contributed by atoms with Crippen molar-refractivity contribution in [3.05, 3.63) is 30.5 Å². The van der Waals surface area contributed by atoms with Crippen LogP contribution >= 0.6 is 0 Å². The Morgan fingerprint density at radius 2 is 1.97 bits per heavy atom. The van der Waals surface area contributed by atoms with Gasteiger partial charge in [-0.2, -0.15) is 10.4 Å². The number of nitrogens with one attached hydrogen (secondary N) is 1. The molecule has 2 aromatic heterocycles. The van der Waals surface area contributed by atoms with Gasteiger partial charge in [0.15, 0.2) is 11.5 Å². The zero-order valence-electron chi connectivity index (χ0n) is 16.7. The van der Waals surface area contributed by atoms with Gasteiger partial charge in [0.25, 0.3) is 0 Å². The second-order valence-corrected chi connectivity index (χ2v) is 7.75. The summed E-state index contributed by atoms with van der Waals surface area (Å²) in [6.07, 6.45) is 3.52. The van der Waals surface area contributed by atoms with Gasteiger partial charge in [-0.05, 0) is 37.1 Å². The Balaban J connectivity index is 1.57. The number of nitrogens with zero attached hydrogens (tertiary/aromatic N) is 6. The average molecular weight is 419 g/mol. The van der Waals surface area contributed by atoms with E-state index in [4.69, 9.17) is 25.1 Å². The number of ether oxygens (including phenoxy) is 1. The Morgan fingerprint density at radius 1 is 1.23 bits per heavy atom. The lowest BCUT2D eigenvalue weighted by atomic mass is 10.2. The van der Waals surface area contributed by atoms with Crippen molar-refractivity contribution in [3.8, 4) is 17.5 Å². The fourth-order valence-corrected chi connectivity index (χ4v) is 4.24. The van der Waals surface area contributed by atoms with Gasteiger partial charge < -0.3 is 14.7 Å². The van der Waals surface area contributed by atoms with Crippen molar-refractivity contribution in [3.63, 3.8) is 0 Å². The predicted octanol–water partition coefficient (Wildman–Crippen LogP) is 2.86. The summed E-state index contributed by atoms with van der Waals surface area (Å²) in [7, 11) is 0. The molecule has 158 valence electrons. The number of anilines is 2. The molecule has 2 bridgehead atoms. The molecular formula is C21H21N7O3. The molecule has 10 nitrogen and oxygen atoms in total. The quantitative estimate of drug-likeness (QED) is 0.646. The largest absolute Gasteiger partial charge is 0.465 e. The fraction of sp³-hybridized carbons (Fsp3) is 0.381. The summed E-state index contributed by atoms with van der Waals surface area (Å²) in [6, 6.07) is 9.08. The first kappa shape index (κ1) is 19.3. The maximum Gasteiger partial charge on any atom is 0.409 e. The molecular weight excluding hydrogens is 398 g/mol. The van der Waals surface area contributed by atoms with Crippen LogP contribution in [0.2, 0.25) is 0 Å². The second kappa shape index (κ2) is 7.85. The number of aryl methyl sites for hydroxylation is 1. The third-order valence-corrected chi connectivity index (χ3v) is 5.65. The second-order valence-electron chi connectivity index (χ2n) is 7.75. The van der Waals surface area contributed by atoms with Crippen molar-refractivity contribution in [2.75, 3.05) is 23.3 Å². The van der Waals surface area contributed by atoms with E-state index in [0.717, 1.165) is 42.7 Å². The van der Waals surface area contributed by atoms with Crippen molar-refractivity contribution >= 4 is 28.6 Å². The number of hydrogen-bond acceptors (Lipinski definition) is 7. The van der Waals surface area contributed by atoms with E-state index in [9.17, 15) is 4.79 Å². The predicted molar refractivity (Wildman–Crippen MR) is 113 cm³/mol. The van der Waals surface area contributed by atoms with Crippen molar-refractivity contribution in [1.82, 2.24) is 19.7 Å². The summed E-state index contributed by atoms with van der Waals surface area (Å²) in [5.74, 6) is 1.35. The van der Waals surface area contributed by atoms with E-state index in [2.05, 4.69) is 21.4 Å². The summed E-state index contributed by atoms with van der Waals surface area (Å²) >= 11 is 0. The molecule has 5 rings (SSSR count). The first-order valence-corrected chi connectivity index (χ1v) is 10.2. The number of carbonyl (C=O) groups is 1. The van der Waals surface area contributed by atoms with Gasteiger partial charge >= 0.3 is 6.09 Å². The molecule has 2 aliphatic rings. The third kappa shape index (κ3) is 3.75. The van der Waals surface area contributed by atoms with Crippen molar-refractivity contribution in [2.24, 2.45) is 0 Å². The van der Waals surface area contributed by atoms with Crippen LogP contribution in [0.4, 0.5) is 16.3 Å². The highest BCUT2D eigenvalue weighted by Crippen LogP contribution is 2.33. The van der Waals surface area contributed by atoms with E-state index in [1.165, 1.54) is 0 Å². The molecule has 2 aliphatic heterocycles. The summed E-state index contributed by atoms with van der Waals surface area (Å²) < 4.78 is 7.72. The van der Waals surface area contributed by atoms with Gasteiger partial charge in [0.2, 0.25) is 0 Å². The lowest BCUT2D eigenvalue weighted by molar-refractivity contribution is 0.0303. The minimum atomic E-state index is -1.11. The van der Waals surface area contributed by atoms with E-state index in [0.29, 0.717) is 30.1 Å². The number of fused-ring (bicyclic) bond motifs is 3. The minimum Gasteiger partial charge on any atom is -0.465 e. The number of hydrogen-bond donors (Lipinski definition) is 2. The highest BCUT2D eigenvalue weighted by atomic mass is 16.5. The molecule has 2 saturated heterocycles. The number of amides is 1. The number of morpholine rings is 1. The standard InChI is InChI=1S/C21H21N7O3/c22-8-1-9-28-20-17(10-23-28)19(27-11-15-6-7-16(12-27)31-15)25-18(26-20)13-2-4-14(5-3-13)24-21(29)30/h2-5,10,15-16,24H,1,6-7,9,11-12H2,(H,29,30). The number of carboxylic acid groups (broad SMARTS) is 1. The smallest absolute Gasteiger partial charge is 0.409 e. The molecule has 1 aromatic carbocycles. The van der Waals surface area contributed by atoms with E-state index in [1.54, 1.807) is 35.1 Å². The molecule has 4 heterocycles. The highest BCUT2D eigenvalue weighted by Gasteiger charge is 2.35. The number of nitriles is 1. The molecule has 0 radical (unpaired) electrons. The van der Waals surface area contributed by atoms with Crippen LogP contribution in [0.25, 0.3) is 22.4 Å². The summed E-state index contributed by atoms with van der Waals surface area (Å²) in [5, 5.41) is 25.5. The zero-order valence-corrected chi connectivity index (χ0v) is 16.7. The fourth-order valence-electron chi connectivity index (χ4n) is 4.24. The Morgan fingerprint density at radius 3 is 2.65 bits per heavy atom. The highest BCUT2D eigenvalue weighted by molar-refractivity contribution is 5.89. The van der Waals surface area contributed by atoms with E-state index in [1.807, 2.05) is 0 Å². The van der Waals surface area contributed by atoms with Crippen LogP contribution in [0.3, 0.4) is 0 Å². The molecule has 1 amide bonds. The van der Waals surface area contributed by atoms with Crippen LogP contribution < -0.4 is 10.2 Å². The Kier molecular flexibility index (Phi) is 4.88. The maximum atomic E-state index is 10.9. The first-order chi connectivity index (χ1) is 15.1. The minimum absolute atomic E-state index is 0.210. The van der Waals surface area contributed by atoms with Crippen LogP contribution in [0, 0.1) is 11.3 Å². The summed E-state index contributed by atoms with van der Waals surface area (Å²) in [5.41, 5.74) is 1.92. The molecule has 3 aromatic rings. The number of rotatable bonds is 5. The molecule has 2 atom stereocenters. The van der Waals surface area contributed by atoms with Gasteiger partial charge in [-0.15, -0.1) is 0 Å². The third-order valence-electron chi connectivity index (χ3n) is 5.65. The maximum absolute atomic E-state index is 10.9. The van der Waals surface area contributed by atoms with E-state index < -0.39 is 6.09 Å². The van der Waals surface area contributed by atoms with Crippen molar-refractivity contribution < 1.29 is 14.6 Å². The Labute approximate surface area is 178 Å². The average Bonchev–Trinajstić information content (AvgIpc) is 3.33. The van der Waals surface area contributed by atoms with Crippen LogP contribution in [0.1, 0.15) is 19.3 Å². The normalized spacial score (nSPS) is 20.0. The zero-order chi connectivity index (χ0) is 21.4. The molecule has 10 heteroatoms. The van der Waals surface area contributed by atoms with Gasteiger partial charge in [-0.1, -0.05) is 0 Å². The lowest BCUT2D eigenvalue weighted by Gasteiger charge is -2.33. The van der Waals surface area contributed by atoms with E-state index in [-0.39, 0.29) is 12.2 Å². The monoisotopic (exact) mass is 419 g/mol. The van der Waals surface area contributed by atoms with Gasteiger partial charge in [-0.3, -0.25) is 5.32 Å². The molecule has 2 N–H and O–H groups in total. The molecule has 2 unspecified atom stereocenters. The van der Waals surface area contributed by atoms with Gasteiger partial charge in [0.1, 0.15) is 5.82 Å². The van der Waals surface area contributed by atoms with Crippen LogP contribution in [-0.4, -0.2) is 56.2 Å². The topological polar surface area (TPSA) is 129 Å². The van der Waals surface area contributed by atoms with Gasteiger partial charge in [0.05, 0.1) is 42.8 Å².